The van der Waals surface area contributed by atoms with Gasteiger partial charge in [0.25, 0.3) is 0 Å². The van der Waals surface area contributed by atoms with Gasteiger partial charge >= 0.3 is 5.97 Å². The number of anilines is 1. The predicted molar refractivity (Wildman–Crippen MR) is 107 cm³/mol. The lowest BCUT2D eigenvalue weighted by molar-refractivity contribution is -0.136. The molecular weight excluding hydrogens is 386 g/mol. The van der Waals surface area contributed by atoms with E-state index in [1.807, 2.05) is 25.1 Å². The Morgan fingerprint density at radius 1 is 1.10 bits per heavy atom. The van der Waals surface area contributed by atoms with Gasteiger partial charge in [-0.25, -0.2) is 4.79 Å². The molecule has 0 radical (unpaired) electrons. The van der Waals surface area contributed by atoms with E-state index in [4.69, 9.17) is 9.47 Å². The number of nitrogens with one attached hydrogen (secondary N) is 1. The van der Waals surface area contributed by atoms with E-state index in [1.54, 1.807) is 36.4 Å². The number of carbonyl (C=O) groups is 2. The van der Waals surface area contributed by atoms with Crippen LogP contribution in [0.5, 0.6) is 5.75 Å². The number of nitrogens with zero attached hydrogens (tertiary/aromatic N) is 4. The van der Waals surface area contributed by atoms with Gasteiger partial charge in [-0.3, -0.25) is 4.79 Å². The number of tetrazole rings is 1. The molecule has 1 aliphatic heterocycles. The SMILES string of the molecule is CCOc1ccc(C2C(C(=O)c3ccccc3)=C(C(=O)OC)Nc3nnnn32)cc1. The Morgan fingerprint density at radius 2 is 1.83 bits per heavy atom. The van der Waals surface area contributed by atoms with E-state index in [0.717, 1.165) is 0 Å². The first kappa shape index (κ1) is 19.3. The molecule has 1 N–H and O–H groups in total. The summed E-state index contributed by atoms with van der Waals surface area (Å²) in [4.78, 5) is 26.1. The zero-order valence-electron chi connectivity index (χ0n) is 16.4. The van der Waals surface area contributed by atoms with Crippen LogP contribution in [0.4, 0.5) is 5.95 Å². The molecule has 0 saturated heterocycles. The van der Waals surface area contributed by atoms with Crippen LogP contribution in [0.15, 0.2) is 65.9 Å². The zero-order valence-corrected chi connectivity index (χ0v) is 16.4. The van der Waals surface area contributed by atoms with Crippen LogP contribution in [0.3, 0.4) is 0 Å². The Balaban J connectivity index is 1.90. The van der Waals surface area contributed by atoms with E-state index in [0.29, 0.717) is 23.5 Å². The largest absolute Gasteiger partial charge is 0.494 e. The van der Waals surface area contributed by atoms with Crippen molar-refractivity contribution in [3.05, 3.63) is 77.0 Å². The predicted octanol–water partition coefficient (Wildman–Crippen LogP) is 2.40. The molecule has 0 amide bonds. The second-order valence-electron chi connectivity index (χ2n) is 6.45. The van der Waals surface area contributed by atoms with E-state index in [2.05, 4.69) is 20.8 Å². The van der Waals surface area contributed by atoms with E-state index >= 15 is 0 Å². The average Bonchev–Trinajstić information content (AvgIpc) is 3.26. The summed E-state index contributed by atoms with van der Waals surface area (Å²) in [6.45, 7) is 2.43. The summed E-state index contributed by atoms with van der Waals surface area (Å²) in [6, 6.07) is 15.2. The summed E-state index contributed by atoms with van der Waals surface area (Å²) >= 11 is 0. The van der Waals surface area contributed by atoms with Crippen molar-refractivity contribution in [2.24, 2.45) is 0 Å². The summed E-state index contributed by atoms with van der Waals surface area (Å²) in [6.07, 6.45) is 0. The number of carbonyl (C=O) groups excluding carboxylic acids is 2. The number of rotatable bonds is 6. The lowest BCUT2D eigenvalue weighted by Gasteiger charge is -2.28. The van der Waals surface area contributed by atoms with Crippen LogP contribution in [-0.4, -0.2) is 45.7 Å². The Labute approximate surface area is 172 Å². The molecule has 1 unspecified atom stereocenters. The van der Waals surface area contributed by atoms with Crippen molar-refractivity contribution in [1.82, 2.24) is 20.2 Å². The third kappa shape index (κ3) is 3.41. The van der Waals surface area contributed by atoms with Gasteiger partial charge in [-0.1, -0.05) is 47.6 Å². The number of ether oxygens (including phenoxy) is 2. The zero-order chi connectivity index (χ0) is 21.1. The second-order valence-corrected chi connectivity index (χ2v) is 6.45. The maximum Gasteiger partial charge on any atom is 0.355 e. The first-order valence-corrected chi connectivity index (χ1v) is 9.34. The molecule has 0 bridgehead atoms. The highest BCUT2D eigenvalue weighted by atomic mass is 16.5. The van der Waals surface area contributed by atoms with E-state index in [9.17, 15) is 9.59 Å². The summed E-state index contributed by atoms with van der Waals surface area (Å²) < 4.78 is 11.9. The molecule has 4 rings (SSSR count). The van der Waals surface area contributed by atoms with Crippen molar-refractivity contribution in [2.75, 3.05) is 19.0 Å². The average molecular weight is 405 g/mol. The molecule has 2 heterocycles. The number of fused-ring (bicyclic) bond motifs is 1. The number of hydrogen-bond acceptors (Lipinski definition) is 8. The summed E-state index contributed by atoms with van der Waals surface area (Å²) in [5.41, 5.74) is 1.35. The van der Waals surface area contributed by atoms with Crippen LogP contribution < -0.4 is 10.1 Å². The quantitative estimate of drug-likeness (QED) is 0.492. The Hall–Kier alpha value is -4.01. The van der Waals surface area contributed by atoms with Crippen LogP contribution in [0.1, 0.15) is 28.9 Å². The highest BCUT2D eigenvalue weighted by Crippen LogP contribution is 2.37. The fourth-order valence-electron chi connectivity index (χ4n) is 3.35. The van der Waals surface area contributed by atoms with Gasteiger partial charge < -0.3 is 14.8 Å². The molecule has 0 aliphatic carbocycles. The number of hydrogen-bond donors (Lipinski definition) is 1. The minimum atomic E-state index is -0.728. The van der Waals surface area contributed by atoms with Crippen LogP contribution in [0.2, 0.25) is 0 Å². The minimum absolute atomic E-state index is 0.00698. The Bertz CT molecular complexity index is 1110. The highest BCUT2D eigenvalue weighted by molar-refractivity contribution is 6.14. The summed E-state index contributed by atoms with van der Waals surface area (Å²) in [7, 11) is 1.26. The number of allylic oxidation sites excluding steroid dienone is 1. The number of methoxy groups -OCH3 is 1. The fraction of sp³-hybridized carbons (Fsp3) is 0.190. The van der Waals surface area contributed by atoms with E-state index in [-0.39, 0.29) is 23.0 Å². The third-order valence-electron chi connectivity index (χ3n) is 4.69. The minimum Gasteiger partial charge on any atom is -0.494 e. The number of ketones is 1. The molecule has 2 aromatic carbocycles. The number of Topliss-reactive ketones (excluding diaryl/α,β-unsaturated/α-hetero) is 1. The van der Waals surface area contributed by atoms with Crippen LogP contribution in [-0.2, 0) is 9.53 Å². The molecule has 0 saturated carbocycles. The number of esters is 1. The topological polar surface area (TPSA) is 108 Å². The molecule has 3 aromatic rings. The Kier molecular flexibility index (Phi) is 5.25. The first-order valence-electron chi connectivity index (χ1n) is 9.34. The summed E-state index contributed by atoms with van der Waals surface area (Å²) in [5, 5.41) is 14.5. The first-order chi connectivity index (χ1) is 14.6. The van der Waals surface area contributed by atoms with Crippen molar-refractivity contribution in [3.8, 4) is 5.75 Å². The van der Waals surface area contributed by atoms with Crippen LogP contribution in [0, 0.1) is 0 Å². The van der Waals surface area contributed by atoms with Crippen molar-refractivity contribution < 1.29 is 19.1 Å². The van der Waals surface area contributed by atoms with Gasteiger partial charge in [-0.15, -0.1) is 0 Å². The van der Waals surface area contributed by atoms with Crippen molar-refractivity contribution >= 4 is 17.7 Å². The van der Waals surface area contributed by atoms with Crippen molar-refractivity contribution in [3.63, 3.8) is 0 Å². The molecule has 30 heavy (non-hydrogen) atoms. The lowest BCUT2D eigenvalue weighted by Crippen LogP contribution is -2.32. The molecule has 9 heteroatoms. The van der Waals surface area contributed by atoms with E-state index in [1.165, 1.54) is 11.8 Å². The molecule has 152 valence electrons. The second kappa shape index (κ2) is 8.16. The molecule has 1 aromatic heterocycles. The smallest absolute Gasteiger partial charge is 0.355 e. The van der Waals surface area contributed by atoms with Crippen LogP contribution >= 0.6 is 0 Å². The molecule has 1 aliphatic rings. The summed E-state index contributed by atoms with van der Waals surface area (Å²) in [5.74, 6) is -0.0814. The molecule has 0 fully saturated rings. The van der Waals surface area contributed by atoms with Gasteiger partial charge in [0.15, 0.2) is 5.78 Å². The maximum absolute atomic E-state index is 13.5. The van der Waals surface area contributed by atoms with E-state index < -0.39 is 12.0 Å². The van der Waals surface area contributed by atoms with Gasteiger partial charge in [0, 0.05) is 5.56 Å². The van der Waals surface area contributed by atoms with Gasteiger partial charge in [0.05, 0.1) is 19.3 Å². The fourth-order valence-corrected chi connectivity index (χ4v) is 3.35. The van der Waals surface area contributed by atoms with Gasteiger partial charge in [-0.05, 0) is 35.0 Å². The normalized spacial score (nSPS) is 15.2. The van der Waals surface area contributed by atoms with Crippen molar-refractivity contribution in [2.45, 2.75) is 13.0 Å². The molecule has 1 atom stereocenters. The van der Waals surface area contributed by atoms with Gasteiger partial charge in [0.2, 0.25) is 5.95 Å². The highest BCUT2D eigenvalue weighted by Gasteiger charge is 2.38. The van der Waals surface area contributed by atoms with Crippen LogP contribution in [0.25, 0.3) is 0 Å². The van der Waals surface area contributed by atoms with Gasteiger partial charge in [-0.2, -0.15) is 4.68 Å². The Morgan fingerprint density at radius 3 is 2.50 bits per heavy atom. The monoisotopic (exact) mass is 405 g/mol. The van der Waals surface area contributed by atoms with Crippen molar-refractivity contribution in [1.29, 1.82) is 0 Å². The number of benzene rings is 2. The maximum atomic E-state index is 13.5. The third-order valence-corrected chi connectivity index (χ3v) is 4.69. The standard InChI is InChI=1S/C21H19N5O4/c1-3-30-15-11-9-13(10-12-15)18-16(19(27)14-7-5-4-6-8-14)17(20(28)29-2)22-21-23-24-25-26(18)21/h4-12,18H,3H2,1-2H3,(H,22,23,25). The lowest BCUT2D eigenvalue weighted by atomic mass is 9.89. The molecular formula is C21H19N5O4. The number of aromatic nitrogens is 4. The van der Waals surface area contributed by atoms with Gasteiger partial charge in [0.1, 0.15) is 17.5 Å². The molecule has 0 spiro atoms. The molecule has 9 nitrogen and oxygen atoms in total.